The highest BCUT2D eigenvalue weighted by molar-refractivity contribution is 14.2. The summed E-state index contributed by atoms with van der Waals surface area (Å²) < 4.78 is 46.9. The lowest BCUT2D eigenvalue weighted by Gasteiger charge is -2.44. The molecular formula is C53H64F2I2N2O6S2. The number of hydrogen-bond donors (Lipinski definition) is 6. The van der Waals surface area contributed by atoms with Gasteiger partial charge in [-0.1, -0.05) is 111 Å². The van der Waals surface area contributed by atoms with Gasteiger partial charge in [-0.3, -0.25) is 0 Å². The Hall–Kier alpha value is -2.26. The lowest BCUT2D eigenvalue weighted by atomic mass is 9.77. The number of rotatable bonds is 10. The van der Waals surface area contributed by atoms with Crippen LogP contribution in [0.4, 0.5) is 8.78 Å². The first kappa shape index (κ1) is 52.6. The second-order valence-electron chi connectivity index (χ2n) is 18.7. The van der Waals surface area contributed by atoms with Crippen LogP contribution in [0.25, 0.3) is 21.8 Å². The van der Waals surface area contributed by atoms with E-state index in [1.165, 1.54) is 48.4 Å². The summed E-state index contributed by atoms with van der Waals surface area (Å²) in [5.74, 6) is 2.34. The van der Waals surface area contributed by atoms with Crippen molar-refractivity contribution in [2.75, 3.05) is 10.4 Å². The van der Waals surface area contributed by atoms with E-state index in [2.05, 4.69) is 132 Å². The van der Waals surface area contributed by atoms with Gasteiger partial charge in [-0.05, 0) is 147 Å². The summed E-state index contributed by atoms with van der Waals surface area (Å²) in [6.45, 7) is 8.59. The maximum Gasteiger partial charge on any atom is 0.163 e. The molecule has 4 fully saturated rings. The molecule has 4 aromatic carbocycles. The predicted octanol–water partition coefficient (Wildman–Crippen LogP) is 12.3. The van der Waals surface area contributed by atoms with E-state index in [0.717, 1.165) is 50.1 Å². The lowest BCUT2D eigenvalue weighted by Crippen LogP contribution is -2.56. The Morgan fingerprint density at radius 2 is 1.04 bits per heavy atom. The average Bonchev–Trinajstić information content (AvgIpc) is 4.29. The molecule has 4 N–H and O–H groups in total. The molecule has 10 rings (SSSR count). The van der Waals surface area contributed by atoms with Crippen molar-refractivity contribution in [2.24, 2.45) is 17.8 Å². The summed E-state index contributed by atoms with van der Waals surface area (Å²) in [5.41, 5.74) is 8.27. The van der Waals surface area contributed by atoms with Gasteiger partial charge in [-0.15, -0.1) is 9.80 Å². The molecular weight excluding hydrogens is 1120 g/mol. The predicted molar refractivity (Wildman–Crippen MR) is 288 cm³/mol. The number of aliphatic hydroxyl groups is 4. The van der Waals surface area contributed by atoms with Gasteiger partial charge in [0.2, 0.25) is 0 Å². The number of aliphatic hydroxyl groups excluding tert-OH is 4. The first-order valence-electron chi connectivity index (χ1n) is 23.4. The summed E-state index contributed by atoms with van der Waals surface area (Å²) in [7, 11) is 3.50. The van der Waals surface area contributed by atoms with E-state index in [1.807, 2.05) is 33.3 Å². The monoisotopic (exact) mass is 1180 g/mol. The maximum absolute atomic E-state index is 15.0. The Morgan fingerprint density at radius 1 is 0.612 bits per heavy atom. The van der Waals surface area contributed by atoms with Crippen LogP contribution >= 0.6 is 66.2 Å². The zero-order valence-corrected chi connectivity index (χ0v) is 44.5. The van der Waals surface area contributed by atoms with Crippen molar-refractivity contribution in [1.82, 2.24) is 9.13 Å². The SMILES string of the molecule is CC[C@H]1OC(n2cc(Cc3ccc(C4CC4)cc3)c3c(F)cccc32)[C@H](C)[C@@H](C)[C@@H]1C.OC[C@H]1OC(n2cc(Cc3ccc(C4CC4)cc3)c3c(F)cccc32)[C@H](O)[C@@H](O)[C@@H]1O.SCI.SI. The number of hydrogen-bond acceptors (Lipinski definition) is 8. The van der Waals surface area contributed by atoms with E-state index in [-0.39, 0.29) is 24.0 Å². The molecule has 8 nitrogen and oxygen atoms in total. The molecule has 2 aliphatic carbocycles. The quantitative estimate of drug-likeness (QED) is 0.0463. The van der Waals surface area contributed by atoms with Gasteiger partial charge in [-0.2, -0.15) is 12.6 Å². The Balaban J connectivity index is 0.000000182. The van der Waals surface area contributed by atoms with Gasteiger partial charge in [0.1, 0.15) is 42.3 Å². The molecule has 4 heterocycles. The van der Waals surface area contributed by atoms with Crippen molar-refractivity contribution >= 4 is 88.0 Å². The van der Waals surface area contributed by atoms with Crippen LogP contribution in [0, 0.1) is 29.4 Å². The molecule has 0 spiro atoms. The zero-order valence-electron chi connectivity index (χ0n) is 38.4. The largest absolute Gasteiger partial charge is 0.394 e. The van der Waals surface area contributed by atoms with Gasteiger partial charge >= 0.3 is 0 Å². The summed E-state index contributed by atoms with van der Waals surface area (Å²) in [4.78, 5) is 0. The Morgan fingerprint density at radius 3 is 1.46 bits per heavy atom. The number of halogens is 4. The molecule has 2 saturated heterocycles. The molecule has 67 heavy (non-hydrogen) atoms. The summed E-state index contributed by atoms with van der Waals surface area (Å²) in [6.07, 6.45) is 4.87. The lowest BCUT2D eigenvalue weighted by molar-refractivity contribution is -0.250. The average molecular weight is 1180 g/mol. The number of fused-ring (bicyclic) bond motifs is 2. The van der Waals surface area contributed by atoms with E-state index in [0.29, 0.717) is 41.0 Å². The molecule has 2 aliphatic heterocycles. The topological polar surface area (TPSA) is 109 Å². The van der Waals surface area contributed by atoms with Crippen molar-refractivity contribution in [2.45, 2.75) is 127 Å². The van der Waals surface area contributed by atoms with E-state index >= 15 is 4.39 Å². The minimum Gasteiger partial charge on any atom is -0.394 e. The molecule has 0 radical (unpaired) electrons. The molecule has 2 saturated carbocycles. The standard InChI is InChI=1S/C28H34FNO.C24H26FNO5.CH3IS.HIS/c1-5-26-18(3)17(2)19(4)28(31-26)30-16-23(27-24(29)7-6-8-25(27)30)15-20-9-11-21(12-10-20)22-13-14-22;25-17-2-1-3-18-20(17)16(10-13-4-6-14(7-5-13)15-8-9-15)11-26(18)24-23(30)22(29)21(28)19(12-27)31-24;2-1-3;1-2/h6-12,16-19,22,26,28H,5,13-15H2,1-4H3;1-7,11,15,19,21-24,27-30H,8-10,12H2;3H,1H2;2H/t17-,18-,19+,26+,28?;19-,21-,22+,23-,24?;;/m01../s1. The molecule has 362 valence electrons. The molecule has 0 bridgehead atoms. The van der Waals surface area contributed by atoms with Crippen LogP contribution in [-0.4, -0.2) is 70.4 Å². The normalized spacial score (nSPS) is 27.1. The molecule has 0 amide bonds. The fourth-order valence-electron chi connectivity index (χ4n) is 10.1. The Bertz CT molecular complexity index is 2360. The van der Waals surface area contributed by atoms with Crippen LogP contribution < -0.4 is 0 Å². The minimum atomic E-state index is -1.50. The van der Waals surface area contributed by atoms with Crippen LogP contribution in [-0.2, 0) is 22.3 Å². The van der Waals surface area contributed by atoms with Crippen molar-refractivity contribution < 1.29 is 38.7 Å². The van der Waals surface area contributed by atoms with Gasteiger partial charge in [-0.25, -0.2) is 8.78 Å². The van der Waals surface area contributed by atoms with Gasteiger partial charge in [0.25, 0.3) is 0 Å². The second-order valence-corrected chi connectivity index (χ2v) is 21.0. The number of thiol groups is 2. The maximum atomic E-state index is 15.0. The van der Waals surface area contributed by atoms with Crippen molar-refractivity contribution in [3.63, 3.8) is 0 Å². The van der Waals surface area contributed by atoms with Gasteiger partial charge in [0, 0.05) is 32.8 Å². The van der Waals surface area contributed by atoms with Crippen LogP contribution in [0.15, 0.2) is 97.3 Å². The fourth-order valence-corrected chi connectivity index (χ4v) is 10.1. The van der Waals surface area contributed by atoms with Crippen LogP contribution in [0.5, 0.6) is 0 Å². The Kier molecular flexibility index (Phi) is 18.6. The van der Waals surface area contributed by atoms with E-state index in [9.17, 15) is 24.8 Å². The van der Waals surface area contributed by atoms with Crippen molar-refractivity contribution in [3.8, 4) is 0 Å². The highest BCUT2D eigenvalue weighted by atomic mass is 127. The van der Waals surface area contributed by atoms with E-state index < -0.39 is 37.3 Å². The first-order valence-corrected chi connectivity index (χ1v) is 28.8. The third kappa shape index (κ3) is 11.8. The number of ether oxygens (including phenoxy) is 2. The number of alkyl halides is 1. The van der Waals surface area contributed by atoms with Gasteiger partial charge in [0.05, 0.1) is 23.7 Å². The highest BCUT2D eigenvalue weighted by Crippen LogP contribution is 2.44. The number of aromatic nitrogens is 2. The molecule has 10 atom stereocenters. The molecule has 14 heteroatoms. The van der Waals surface area contributed by atoms with Crippen molar-refractivity contribution in [3.05, 3.63) is 142 Å². The van der Waals surface area contributed by atoms with Crippen molar-refractivity contribution in [1.29, 1.82) is 0 Å². The van der Waals surface area contributed by atoms with Crippen LogP contribution in [0.1, 0.15) is 117 Å². The van der Waals surface area contributed by atoms with Crippen LogP contribution in [0.2, 0.25) is 0 Å². The zero-order chi connectivity index (χ0) is 48.1. The molecule has 4 aliphatic rings. The summed E-state index contributed by atoms with van der Waals surface area (Å²) in [5, 5.41) is 41.5. The fraction of sp³-hybridized carbons (Fsp3) is 0.472. The minimum absolute atomic E-state index is 0.0635. The van der Waals surface area contributed by atoms with Gasteiger partial charge in [0.15, 0.2) is 6.23 Å². The molecule has 6 aromatic rings. The van der Waals surface area contributed by atoms with Crippen LogP contribution in [0.3, 0.4) is 0 Å². The first-order chi connectivity index (χ1) is 32.4. The van der Waals surface area contributed by atoms with E-state index in [1.54, 1.807) is 29.0 Å². The third-order valence-electron chi connectivity index (χ3n) is 14.4. The summed E-state index contributed by atoms with van der Waals surface area (Å²) in [6, 6.07) is 27.4. The Labute approximate surface area is 430 Å². The number of nitrogens with zero attached hydrogens (tertiary/aromatic N) is 2. The number of benzene rings is 4. The second kappa shape index (κ2) is 23.8. The summed E-state index contributed by atoms with van der Waals surface area (Å²) >= 11 is 7.77. The highest BCUT2D eigenvalue weighted by Gasteiger charge is 2.45. The van der Waals surface area contributed by atoms with E-state index in [4.69, 9.17) is 9.47 Å². The van der Waals surface area contributed by atoms with Gasteiger partial charge < -0.3 is 39.0 Å². The molecule has 2 unspecified atom stereocenters. The molecule has 2 aromatic heterocycles. The third-order valence-corrected chi connectivity index (χ3v) is 14.4. The smallest absolute Gasteiger partial charge is 0.163 e.